The molecular formula is C14H25IN4S. The van der Waals surface area contributed by atoms with E-state index in [1.165, 1.54) is 12.0 Å². The molecule has 0 saturated carbocycles. The van der Waals surface area contributed by atoms with Crippen molar-refractivity contribution >= 4 is 41.3 Å². The first-order chi connectivity index (χ1) is 8.94. The van der Waals surface area contributed by atoms with Crippen LogP contribution < -0.4 is 11.1 Å². The maximum Gasteiger partial charge on any atom is 0.189 e. The van der Waals surface area contributed by atoms with E-state index in [0.29, 0.717) is 5.96 Å². The van der Waals surface area contributed by atoms with Crippen LogP contribution in [0.1, 0.15) is 31.2 Å². The lowest BCUT2D eigenvalue weighted by Crippen LogP contribution is -2.45. The monoisotopic (exact) mass is 408 g/mol. The summed E-state index contributed by atoms with van der Waals surface area (Å²) in [7, 11) is 0. The lowest BCUT2D eigenvalue weighted by molar-refractivity contribution is 0.263. The van der Waals surface area contributed by atoms with Gasteiger partial charge in [-0.3, -0.25) is 9.89 Å². The molecule has 4 nitrogen and oxygen atoms in total. The van der Waals surface area contributed by atoms with Crippen molar-refractivity contribution < 1.29 is 0 Å². The zero-order chi connectivity index (χ0) is 13.9. The maximum atomic E-state index is 5.86. The molecule has 0 spiro atoms. The van der Waals surface area contributed by atoms with Crippen LogP contribution in [0.5, 0.6) is 0 Å². The second-order valence-electron chi connectivity index (χ2n) is 6.04. The molecular weight excluding hydrogens is 383 g/mol. The average molecular weight is 408 g/mol. The highest BCUT2D eigenvalue weighted by Gasteiger charge is 2.16. The lowest BCUT2D eigenvalue weighted by Gasteiger charge is -2.26. The number of halogens is 1. The quantitative estimate of drug-likeness (QED) is 0.459. The summed E-state index contributed by atoms with van der Waals surface area (Å²) in [5.41, 5.74) is 7.32. The highest BCUT2D eigenvalue weighted by molar-refractivity contribution is 14.0. The van der Waals surface area contributed by atoms with Gasteiger partial charge in [0, 0.05) is 30.1 Å². The first-order valence-corrected chi connectivity index (χ1v) is 7.68. The summed E-state index contributed by atoms with van der Waals surface area (Å²) in [6.07, 6.45) is 1.17. The van der Waals surface area contributed by atoms with E-state index in [4.69, 9.17) is 5.73 Å². The van der Waals surface area contributed by atoms with Gasteiger partial charge in [-0.2, -0.15) is 0 Å². The van der Waals surface area contributed by atoms with Crippen molar-refractivity contribution in [3.63, 3.8) is 0 Å². The molecule has 6 heteroatoms. The van der Waals surface area contributed by atoms with E-state index in [2.05, 4.69) is 47.4 Å². The number of aliphatic imine (C=N–C) groups is 1. The number of fused-ring (bicyclic) bond motifs is 1. The van der Waals surface area contributed by atoms with E-state index in [1.807, 2.05) is 11.3 Å². The van der Waals surface area contributed by atoms with Gasteiger partial charge in [0.2, 0.25) is 0 Å². The maximum absolute atomic E-state index is 5.86. The Morgan fingerprint density at radius 2 is 2.25 bits per heavy atom. The molecule has 0 fully saturated rings. The molecule has 0 amide bonds. The molecule has 0 radical (unpaired) electrons. The number of thiophene rings is 1. The van der Waals surface area contributed by atoms with E-state index in [9.17, 15) is 0 Å². The molecule has 0 bridgehead atoms. The minimum atomic E-state index is -0.0235. The van der Waals surface area contributed by atoms with Crippen molar-refractivity contribution in [2.24, 2.45) is 10.7 Å². The van der Waals surface area contributed by atoms with Crippen molar-refractivity contribution in [3.05, 3.63) is 21.9 Å². The van der Waals surface area contributed by atoms with Gasteiger partial charge >= 0.3 is 0 Å². The Morgan fingerprint density at radius 3 is 2.95 bits per heavy atom. The van der Waals surface area contributed by atoms with Gasteiger partial charge in [-0.05, 0) is 44.2 Å². The van der Waals surface area contributed by atoms with Crippen LogP contribution >= 0.6 is 35.3 Å². The molecule has 0 saturated heterocycles. The predicted octanol–water partition coefficient (Wildman–Crippen LogP) is 2.43. The number of nitrogens with zero attached hydrogens (tertiary/aromatic N) is 2. The van der Waals surface area contributed by atoms with E-state index < -0.39 is 0 Å². The third-order valence-electron chi connectivity index (χ3n) is 3.09. The van der Waals surface area contributed by atoms with E-state index >= 15 is 0 Å². The van der Waals surface area contributed by atoms with Crippen molar-refractivity contribution in [1.82, 2.24) is 10.2 Å². The van der Waals surface area contributed by atoms with Crippen LogP contribution in [-0.2, 0) is 13.0 Å². The van der Waals surface area contributed by atoms with Crippen LogP contribution in [0.2, 0.25) is 0 Å². The fraction of sp³-hybridized carbons (Fsp3) is 0.643. The van der Waals surface area contributed by atoms with Gasteiger partial charge in [-0.1, -0.05) is 0 Å². The second-order valence-corrected chi connectivity index (χ2v) is 7.04. The fourth-order valence-electron chi connectivity index (χ4n) is 2.23. The minimum absolute atomic E-state index is 0. The Kier molecular flexibility index (Phi) is 6.74. The van der Waals surface area contributed by atoms with Gasteiger partial charge in [0.25, 0.3) is 0 Å². The average Bonchev–Trinajstić information content (AvgIpc) is 2.73. The third-order valence-corrected chi connectivity index (χ3v) is 4.11. The molecule has 1 aliphatic heterocycles. The van der Waals surface area contributed by atoms with Crippen molar-refractivity contribution in [3.8, 4) is 0 Å². The van der Waals surface area contributed by atoms with Gasteiger partial charge in [-0.25, -0.2) is 0 Å². The van der Waals surface area contributed by atoms with E-state index in [0.717, 1.165) is 26.2 Å². The van der Waals surface area contributed by atoms with Gasteiger partial charge in [0.1, 0.15) is 0 Å². The Labute approximate surface area is 142 Å². The number of guanidine groups is 1. The molecule has 1 aromatic rings. The molecule has 1 aromatic heterocycles. The Morgan fingerprint density at radius 1 is 1.50 bits per heavy atom. The van der Waals surface area contributed by atoms with Gasteiger partial charge in [0.15, 0.2) is 5.96 Å². The molecule has 1 aliphatic rings. The normalized spacial score (nSPS) is 16.4. The largest absolute Gasteiger partial charge is 0.370 e. The topological polar surface area (TPSA) is 53.6 Å². The third kappa shape index (κ3) is 5.57. The predicted molar refractivity (Wildman–Crippen MR) is 98.1 cm³/mol. The van der Waals surface area contributed by atoms with Crippen LogP contribution in [0.3, 0.4) is 0 Å². The summed E-state index contributed by atoms with van der Waals surface area (Å²) < 4.78 is 0. The number of nitrogens with one attached hydrogen (secondary N) is 1. The van der Waals surface area contributed by atoms with Crippen LogP contribution in [0, 0.1) is 0 Å². The number of nitrogens with two attached hydrogens (primary N) is 1. The first-order valence-electron chi connectivity index (χ1n) is 6.80. The number of hydrogen-bond donors (Lipinski definition) is 2. The minimum Gasteiger partial charge on any atom is -0.370 e. The van der Waals surface area contributed by atoms with Crippen LogP contribution in [-0.4, -0.2) is 36.0 Å². The van der Waals surface area contributed by atoms with E-state index in [1.54, 1.807) is 4.88 Å². The highest BCUT2D eigenvalue weighted by atomic mass is 127. The molecule has 0 unspecified atom stereocenters. The Hall–Kier alpha value is -0.340. The highest BCUT2D eigenvalue weighted by Crippen LogP contribution is 2.23. The zero-order valence-corrected chi connectivity index (χ0v) is 15.6. The summed E-state index contributed by atoms with van der Waals surface area (Å²) in [6.45, 7) is 10.2. The zero-order valence-electron chi connectivity index (χ0n) is 12.5. The van der Waals surface area contributed by atoms with Gasteiger partial charge < -0.3 is 11.1 Å². The molecule has 2 heterocycles. The Bertz CT molecular complexity index is 450. The van der Waals surface area contributed by atoms with Crippen molar-refractivity contribution in [2.75, 3.05) is 19.6 Å². The van der Waals surface area contributed by atoms with Crippen LogP contribution in [0.15, 0.2) is 16.4 Å². The number of rotatable bonds is 3. The first kappa shape index (κ1) is 17.7. The van der Waals surface area contributed by atoms with E-state index in [-0.39, 0.29) is 29.5 Å². The van der Waals surface area contributed by atoms with Gasteiger partial charge in [-0.15, -0.1) is 35.3 Å². The molecule has 0 aromatic carbocycles. The molecule has 3 N–H and O–H groups in total. The van der Waals surface area contributed by atoms with Crippen molar-refractivity contribution in [2.45, 2.75) is 39.3 Å². The number of hydrogen-bond acceptors (Lipinski definition) is 3. The summed E-state index contributed by atoms with van der Waals surface area (Å²) >= 11 is 1.88. The summed E-state index contributed by atoms with van der Waals surface area (Å²) in [5, 5.41) is 5.37. The van der Waals surface area contributed by atoms with Gasteiger partial charge in [0.05, 0.1) is 6.54 Å². The molecule has 114 valence electrons. The lowest BCUT2D eigenvalue weighted by atomic mass is 10.1. The Balaban J connectivity index is 0.00000200. The van der Waals surface area contributed by atoms with Crippen molar-refractivity contribution in [1.29, 1.82) is 0 Å². The standard InChI is InChI=1S/C14H24N4S.HI/c1-14(2,3)17-13(15)16-6-8-18-7-4-12-11(10-18)5-9-19-12;/h5,9H,4,6-8,10H2,1-3H3,(H3,15,16,17);1H. The van der Waals surface area contributed by atoms with Crippen LogP contribution in [0.4, 0.5) is 0 Å². The molecule has 2 rings (SSSR count). The fourth-order valence-corrected chi connectivity index (χ4v) is 3.12. The molecule has 20 heavy (non-hydrogen) atoms. The molecule has 0 aliphatic carbocycles. The second kappa shape index (κ2) is 7.61. The molecule has 0 atom stereocenters. The summed E-state index contributed by atoms with van der Waals surface area (Å²) in [6, 6.07) is 2.24. The smallest absolute Gasteiger partial charge is 0.189 e. The van der Waals surface area contributed by atoms with Crippen LogP contribution in [0.25, 0.3) is 0 Å². The summed E-state index contributed by atoms with van der Waals surface area (Å²) in [5.74, 6) is 0.542. The summed E-state index contributed by atoms with van der Waals surface area (Å²) in [4.78, 5) is 8.39. The SMILES string of the molecule is CC(C)(C)NC(N)=NCCN1CCc2sccc2C1.I.